The Morgan fingerprint density at radius 3 is 2.31 bits per heavy atom. The van der Waals surface area contributed by atoms with Gasteiger partial charge in [0.05, 0.1) is 5.69 Å². The van der Waals surface area contributed by atoms with Crippen LogP contribution in [0.4, 0.5) is 0 Å². The number of pyridine rings is 1. The molecule has 0 N–H and O–H groups in total. The molecule has 2 aromatic heterocycles. The molecule has 0 fully saturated rings. The maximum absolute atomic E-state index is 13.2. The highest BCUT2D eigenvalue weighted by Crippen LogP contribution is 2.41. The number of alkyl halides is 3. The Labute approximate surface area is 184 Å². The zero-order valence-corrected chi connectivity index (χ0v) is 19.3. The van der Waals surface area contributed by atoms with Gasteiger partial charge in [0.15, 0.2) is 9.58 Å². The van der Waals surface area contributed by atoms with Crippen LogP contribution >= 0.6 is 34.8 Å². The first kappa shape index (κ1) is 22.0. The molecule has 8 heteroatoms. The third-order valence-electron chi connectivity index (χ3n) is 5.41. The van der Waals surface area contributed by atoms with Crippen LogP contribution in [-0.2, 0) is 12.8 Å². The van der Waals surface area contributed by atoms with Crippen LogP contribution in [0.2, 0.25) is 0 Å². The van der Waals surface area contributed by atoms with E-state index in [4.69, 9.17) is 34.8 Å². The molecule has 0 saturated heterocycles. The van der Waals surface area contributed by atoms with E-state index in [0.29, 0.717) is 46.6 Å². The smallest absolute Gasteiger partial charge is 0.288 e. The number of ketones is 1. The third-order valence-corrected chi connectivity index (χ3v) is 5.81. The first-order valence-electron chi connectivity index (χ1n) is 9.24. The van der Waals surface area contributed by atoms with E-state index in [2.05, 4.69) is 0 Å². The minimum absolute atomic E-state index is 0.0272. The van der Waals surface area contributed by atoms with Gasteiger partial charge in [-0.05, 0) is 49.8 Å². The fourth-order valence-electron chi connectivity index (χ4n) is 4.28. The highest BCUT2D eigenvalue weighted by Gasteiger charge is 2.39. The zero-order chi connectivity index (χ0) is 21.9. The largest absolute Gasteiger partial charge is 0.294 e. The Balaban J connectivity index is 2.44. The predicted molar refractivity (Wildman–Crippen MR) is 115 cm³/mol. The van der Waals surface area contributed by atoms with Crippen molar-refractivity contribution in [2.45, 2.75) is 57.7 Å². The normalized spacial score (nSPS) is 15.9. The van der Waals surface area contributed by atoms with Crippen molar-refractivity contribution in [3.63, 3.8) is 0 Å². The number of carbonyl (C=O) groups excluding carboxylic acids is 1. The van der Waals surface area contributed by atoms with Crippen LogP contribution in [0.15, 0.2) is 10.9 Å². The molecule has 0 aromatic carbocycles. The van der Waals surface area contributed by atoms with Crippen LogP contribution in [0, 0.1) is 37.5 Å². The Kier molecular flexibility index (Phi) is 5.45. The average Bonchev–Trinajstić information content (AvgIpc) is 2.78. The quantitative estimate of drug-likeness (QED) is 0.611. The van der Waals surface area contributed by atoms with E-state index < -0.39 is 9.35 Å². The number of hydrogen-bond acceptors (Lipinski definition) is 3. The number of Topliss-reactive ketones (excluding diaryl/α,β-unsaturated/α-hetero) is 1. The second-order valence-corrected chi connectivity index (χ2v) is 11.0. The summed E-state index contributed by atoms with van der Waals surface area (Å²) in [5.74, 6) is -0.0272. The molecule has 0 unspecified atom stereocenters. The van der Waals surface area contributed by atoms with E-state index in [9.17, 15) is 14.9 Å². The Morgan fingerprint density at radius 1 is 1.14 bits per heavy atom. The first-order valence-corrected chi connectivity index (χ1v) is 10.4. The topological polar surface area (TPSA) is 67.8 Å². The molecule has 1 aliphatic carbocycles. The number of fused-ring (bicyclic) bond motifs is 1. The highest BCUT2D eigenvalue weighted by molar-refractivity contribution is 6.67. The molecule has 0 saturated carbocycles. The lowest BCUT2D eigenvalue weighted by Crippen LogP contribution is -2.35. The van der Waals surface area contributed by atoms with E-state index in [1.54, 1.807) is 24.6 Å². The number of rotatable bonds is 2. The van der Waals surface area contributed by atoms with Crippen molar-refractivity contribution in [3.8, 4) is 6.07 Å². The molecule has 5 nitrogen and oxygen atoms in total. The number of aryl methyl sites for hydroxylation is 2. The van der Waals surface area contributed by atoms with Crippen molar-refractivity contribution in [1.82, 2.24) is 9.35 Å². The number of hydrogen-bond donors (Lipinski definition) is 0. The van der Waals surface area contributed by atoms with Crippen molar-refractivity contribution in [3.05, 3.63) is 55.8 Å². The molecule has 1 aliphatic rings. The summed E-state index contributed by atoms with van der Waals surface area (Å²) >= 11 is 18.2. The van der Waals surface area contributed by atoms with Gasteiger partial charge in [-0.25, -0.2) is 4.68 Å². The van der Waals surface area contributed by atoms with Gasteiger partial charge in [-0.3, -0.25) is 14.3 Å². The van der Waals surface area contributed by atoms with Crippen LogP contribution in [0.1, 0.15) is 64.4 Å². The maximum atomic E-state index is 13.2. The van der Waals surface area contributed by atoms with Crippen LogP contribution in [0.3, 0.4) is 0 Å². The molecule has 0 atom stereocenters. The second-order valence-electron chi connectivity index (χ2n) is 8.50. The van der Waals surface area contributed by atoms with E-state index in [0.717, 1.165) is 0 Å². The number of nitrogens with zero attached hydrogens (tertiary/aromatic N) is 3. The fourth-order valence-corrected chi connectivity index (χ4v) is 4.68. The fraction of sp³-hybridized carbons (Fsp3) is 0.476. The van der Waals surface area contributed by atoms with Crippen molar-refractivity contribution in [2.75, 3.05) is 0 Å². The summed E-state index contributed by atoms with van der Waals surface area (Å²) in [6.07, 6.45) is 1.01. The van der Waals surface area contributed by atoms with Crippen LogP contribution in [0.25, 0.3) is 0 Å². The van der Waals surface area contributed by atoms with E-state index >= 15 is 0 Å². The summed E-state index contributed by atoms with van der Waals surface area (Å²) in [6.45, 7) is 9.37. The number of halogens is 3. The van der Waals surface area contributed by atoms with Crippen molar-refractivity contribution < 1.29 is 4.79 Å². The molecular formula is C21H22Cl3N3O2. The Bertz CT molecular complexity index is 1130. The van der Waals surface area contributed by atoms with Gasteiger partial charge in [0.1, 0.15) is 11.6 Å². The molecule has 29 heavy (non-hydrogen) atoms. The Hall–Kier alpha value is -1.74. The summed E-state index contributed by atoms with van der Waals surface area (Å²) in [6, 6.07) is 3.78. The van der Waals surface area contributed by atoms with Gasteiger partial charge in [0, 0.05) is 29.8 Å². The van der Waals surface area contributed by atoms with Gasteiger partial charge in [0.2, 0.25) is 0 Å². The summed E-state index contributed by atoms with van der Waals surface area (Å²) < 4.78 is 1.61. The molecule has 0 spiro atoms. The van der Waals surface area contributed by atoms with Gasteiger partial charge in [-0.15, -0.1) is 0 Å². The second kappa shape index (κ2) is 7.19. The molecule has 3 rings (SSSR count). The summed E-state index contributed by atoms with van der Waals surface area (Å²) in [7, 11) is 0. The minimum atomic E-state index is -1.58. The molecule has 2 heterocycles. The molecule has 154 valence electrons. The molecule has 2 aromatic rings. The molecule has 0 bridgehead atoms. The van der Waals surface area contributed by atoms with Gasteiger partial charge in [-0.2, -0.15) is 5.26 Å². The Morgan fingerprint density at radius 2 is 1.76 bits per heavy atom. The maximum Gasteiger partial charge on any atom is 0.288 e. The minimum Gasteiger partial charge on any atom is -0.294 e. The zero-order valence-electron chi connectivity index (χ0n) is 17.0. The molecule has 0 aliphatic heterocycles. The first-order chi connectivity index (χ1) is 13.3. The molecular weight excluding hydrogens is 433 g/mol. The number of nitriles is 1. The predicted octanol–water partition coefficient (Wildman–Crippen LogP) is 4.83. The highest BCUT2D eigenvalue weighted by atomic mass is 35.6. The van der Waals surface area contributed by atoms with E-state index in [1.807, 2.05) is 26.8 Å². The van der Waals surface area contributed by atoms with Crippen molar-refractivity contribution >= 4 is 40.6 Å². The number of aromatic nitrogens is 2. The van der Waals surface area contributed by atoms with Gasteiger partial charge < -0.3 is 0 Å². The van der Waals surface area contributed by atoms with Gasteiger partial charge >= 0.3 is 0 Å². The standard InChI is InChI=1S/C21H22Cl3N3O2/c1-11-6-12(2)26(19(29)15(11)10-25)27-13(3)14(7-21(22,23)24)18-16(27)8-20(4,5)9-17(18)28/h6H,7-9H2,1-5H3. The monoisotopic (exact) mass is 453 g/mol. The lowest BCUT2D eigenvalue weighted by Gasteiger charge is -2.30. The van der Waals surface area contributed by atoms with Gasteiger partial charge in [0.25, 0.3) is 5.56 Å². The summed E-state index contributed by atoms with van der Waals surface area (Å²) in [5.41, 5.74) is 3.17. The van der Waals surface area contributed by atoms with E-state index in [-0.39, 0.29) is 23.2 Å². The van der Waals surface area contributed by atoms with Crippen molar-refractivity contribution in [2.24, 2.45) is 5.41 Å². The SMILES string of the molecule is Cc1cc(C)n(-n2c(C)c(CC(Cl)(Cl)Cl)c3c2CC(C)(C)CC3=O)c(=O)c1C#N. The van der Waals surface area contributed by atoms with E-state index in [1.165, 1.54) is 4.68 Å². The lowest BCUT2D eigenvalue weighted by atomic mass is 9.75. The number of carbonyl (C=O) groups is 1. The van der Waals surface area contributed by atoms with Gasteiger partial charge in [-0.1, -0.05) is 48.7 Å². The van der Waals surface area contributed by atoms with Crippen LogP contribution < -0.4 is 5.56 Å². The van der Waals surface area contributed by atoms with Crippen LogP contribution in [-0.4, -0.2) is 18.9 Å². The third kappa shape index (κ3) is 3.86. The molecule has 0 amide bonds. The molecule has 0 radical (unpaired) electrons. The average molecular weight is 455 g/mol. The summed E-state index contributed by atoms with van der Waals surface area (Å²) in [5, 5.41) is 9.47. The van der Waals surface area contributed by atoms with Crippen LogP contribution in [0.5, 0.6) is 0 Å². The lowest BCUT2D eigenvalue weighted by molar-refractivity contribution is 0.0908. The van der Waals surface area contributed by atoms with Crippen molar-refractivity contribution in [1.29, 1.82) is 5.26 Å². The summed E-state index contributed by atoms with van der Waals surface area (Å²) in [4.78, 5) is 26.2.